The third kappa shape index (κ3) is 3.49. The Morgan fingerprint density at radius 3 is 2.73 bits per heavy atom. The first-order valence-corrected chi connectivity index (χ1v) is 9.53. The molecular weight excluding hydrogens is 358 g/mol. The smallest absolute Gasteiger partial charge is 0.310 e. The average Bonchev–Trinajstić information content (AvgIpc) is 2.60. The van der Waals surface area contributed by atoms with Crippen LogP contribution >= 0.6 is 0 Å². The largest absolute Gasteiger partial charge is 0.490 e. The van der Waals surface area contributed by atoms with E-state index in [0.717, 1.165) is 36.1 Å². The lowest BCUT2D eigenvalue weighted by Crippen LogP contribution is -2.31. The van der Waals surface area contributed by atoms with Gasteiger partial charge in [-0.25, -0.2) is 13.1 Å². The van der Waals surface area contributed by atoms with Crippen molar-refractivity contribution < 1.29 is 18.1 Å². The number of hydrogen-bond acceptors (Lipinski definition) is 6. The molecule has 9 heteroatoms. The minimum atomic E-state index is -3.87. The summed E-state index contributed by atoms with van der Waals surface area (Å²) < 4.78 is 33.2. The van der Waals surface area contributed by atoms with Crippen LogP contribution in [0.15, 0.2) is 41.3 Å². The number of fused-ring (bicyclic) bond motifs is 1. The lowest BCUT2D eigenvalue weighted by molar-refractivity contribution is -0.385. The van der Waals surface area contributed by atoms with Crippen LogP contribution in [0.3, 0.4) is 0 Å². The number of hydrogen-bond donors (Lipinski definition) is 2. The summed E-state index contributed by atoms with van der Waals surface area (Å²) in [4.78, 5) is 10.3. The predicted octanol–water partition coefficient (Wildman–Crippen LogP) is 2.54. The zero-order chi connectivity index (χ0) is 18.9. The molecule has 0 saturated heterocycles. The molecule has 0 bridgehead atoms. The number of benzene rings is 2. The van der Waals surface area contributed by atoms with E-state index in [1.54, 1.807) is 6.07 Å². The van der Waals surface area contributed by atoms with Gasteiger partial charge in [0.1, 0.15) is 0 Å². The van der Waals surface area contributed by atoms with Crippen LogP contribution in [0.2, 0.25) is 0 Å². The van der Waals surface area contributed by atoms with Crippen LogP contribution in [0.5, 0.6) is 5.75 Å². The molecule has 0 heterocycles. The molecular formula is C17H19N3O5S. The van der Waals surface area contributed by atoms with E-state index in [1.165, 1.54) is 13.2 Å². The van der Waals surface area contributed by atoms with E-state index < -0.39 is 14.9 Å². The molecule has 1 aliphatic rings. The van der Waals surface area contributed by atoms with E-state index in [1.807, 2.05) is 12.1 Å². The molecule has 0 saturated carbocycles. The van der Waals surface area contributed by atoms with Gasteiger partial charge >= 0.3 is 5.69 Å². The topological polar surface area (TPSA) is 125 Å². The van der Waals surface area contributed by atoms with Gasteiger partial charge in [-0.2, -0.15) is 0 Å². The van der Waals surface area contributed by atoms with Gasteiger partial charge in [-0.05, 0) is 48.6 Å². The van der Waals surface area contributed by atoms with Gasteiger partial charge in [0.2, 0.25) is 10.0 Å². The highest BCUT2D eigenvalue weighted by Gasteiger charge is 2.27. The second-order valence-electron chi connectivity index (χ2n) is 6.12. The van der Waals surface area contributed by atoms with Crippen molar-refractivity contribution in [3.8, 4) is 5.75 Å². The molecule has 0 fully saturated rings. The molecule has 0 spiro atoms. The fourth-order valence-corrected chi connectivity index (χ4v) is 4.45. The van der Waals surface area contributed by atoms with Gasteiger partial charge in [0.25, 0.3) is 0 Å². The maximum absolute atomic E-state index is 12.8. The molecule has 0 amide bonds. The van der Waals surface area contributed by atoms with Gasteiger partial charge in [-0.3, -0.25) is 10.1 Å². The van der Waals surface area contributed by atoms with Crippen LogP contribution < -0.4 is 15.2 Å². The predicted molar refractivity (Wildman–Crippen MR) is 96.5 cm³/mol. The molecule has 2 aromatic rings. The standard InChI is InChI=1S/C17H19N3O5S/c1-25-17-10-13(6-8-16(17)20(21)22)26(23,24)19-15-4-2-3-11-9-12(18)5-7-14(11)15/h5-10,15,19H,2-4,18H2,1H3. The van der Waals surface area contributed by atoms with Gasteiger partial charge in [-0.1, -0.05) is 6.07 Å². The molecule has 138 valence electrons. The van der Waals surface area contributed by atoms with Crippen LogP contribution in [0.1, 0.15) is 30.0 Å². The third-order valence-electron chi connectivity index (χ3n) is 4.44. The Labute approximate surface area is 151 Å². The second kappa shape index (κ2) is 6.93. The van der Waals surface area contributed by atoms with E-state index in [9.17, 15) is 18.5 Å². The molecule has 8 nitrogen and oxygen atoms in total. The van der Waals surface area contributed by atoms with E-state index in [-0.39, 0.29) is 22.4 Å². The van der Waals surface area contributed by atoms with Crippen molar-refractivity contribution in [3.63, 3.8) is 0 Å². The number of methoxy groups -OCH3 is 1. The first kappa shape index (κ1) is 18.2. The molecule has 1 atom stereocenters. The van der Waals surface area contributed by atoms with E-state index in [2.05, 4.69) is 4.72 Å². The Bertz CT molecular complexity index is 959. The maximum atomic E-state index is 12.8. The lowest BCUT2D eigenvalue weighted by Gasteiger charge is -2.26. The zero-order valence-electron chi connectivity index (χ0n) is 14.1. The number of nitrogens with two attached hydrogens (primary N) is 1. The number of nitrogens with one attached hydrogen (secondary N) is 1. The van der Waals surface area contributed by atoms with Crippen molar-refractivity contribution in [2.24, 2.45) is 0 Å². The molecule has 3 rings (SSSR count). The molecule has 2 aromatic carbocycles. The Morgan fingerprint density at radius 1 is 1.27 bits per heavy atom. The average molecular weight is 377 g/mol. The number of sulfonamides is 1. The maximum Gasteiger partial charge on any atom is 0.310 e. The minimum absolute atomic E-state index is 0.0810. The number of aryl methyl sites for hydroxylation is 1. The van der Waals surface area contributed by atoms with Crippen molar-refractivity contribution >= 4 is 21.4 Å². The number of nitro benzene ring substituents is 1. The Balaban J connectivity index is 1.92. The molecule has 3 N–H and O–H groups in total. The summed E-state index contributed by atoms with van der Waals surface area (Å²) in [5.41, 5.74) is 8.11. The van der Waals surface area contributed by atoms with Gasteiger partial charge in [0.15, 0.2) is 5.75 Å². The van der Waals surface area contributed by atoms with E-state index in [0.29, 0.717) is 12.1 Å². The Hall–Kier alpha value is -2.65. The highest BCUT2D eigenvalue weighted by Crippen LogP contribution is 2.34. The first-order valence-electron chi connectivity index (χ1n) is 8.05. The molecule has 0 radical (unpaired) electrons. The van der Waals surface area contributed by atoms with Crippen molar-refractivity contribution in [2.45, 2.75) is 30.2 Å². The molecule has 0 aromatic heterocycles. The number of nitrogens with zero attached hydrogens (tertiary/aromatic N) is 1. The summed E-state index contributed by atoms with van der Waals surface area (Å²) in [5.74, 6) is -0.102. The highest BCUT2D eigenvalue weighted by atomic mass is 32.2. The van der Waals surface area contributed by atoms with Crippen LogP contribution in [0, 0.1) is 10.1 Å². The quantitative estimate of drug-likeness (QED) is 0.469. The van der Waals surface area contributed by atoms with Crippen LogP contribution in [-0.4, -0.2) is 20.5 Å². The van der Waals surface area contributed by atoms with Gasteiger partial charge in [-0.15, -0.1) is 0 Å². The Kier molecular flexibility index (Phi) is 4.84. The monoisotopic (exact) mass is 377 g/mol. The summed E-state index contributed by atoms with van der Waals surface area (Å²) in [6.07, 6.45) is 2.36. The molecule has 1 aliphatic carbocycles. The number of ether oxygens (including phenoxy) is 1. The second-order valence-corrected chi connectivity index (χ2v) is 7.83. The van der Waals surface area contributed by atoms with Gasteiger partial charge in [0, 0.05) is 23.9 Å². The fraction of sp³-hybridized carbons (Fsp3) is 0.294. The Morgan fingerprint density at radius 2 is 2.04 bits per heavy atom. The van der Waals surface area contributed by atoms with Crippen molar-refractivity contribution in [1.29, 1.82) is 0 Å². The highest BCUT2D eigenvalue weighted by molar-refractivity contribution is 7.89. The summed E-state index contributed by atoms with van der Waals surface area (Å²) in [6.45, 7) is 0. The number of anilines is 1. The van der Waals surface area contributed by atoms with Crippen molar-refractivity contribution in [2.75, 3.05) is 12.8 Å². The van der Waals surface area contributed by atoms with E-state index in [4.69, 9.17) is 10.5 Å². The summed E-state index contributed by atoms with van der Waals surface area (Å²) in [5, 5.41) is 11.0. The van der Waals surface area contributed by atoms with Crippen LogP contribution in [0.4, 0.5) is 11.4 Å². The minimum Gasteiger partial charge on any atom is -0.490 e. The SMILES string of the molecule is COc1cc(S(=O)(=O)NC2CCCc3cc(N)ccc32)ccc1[N+](=O)[O-]. The summed E-state index contributed by atoms with van der Waals surface area (Å²) in [6, 6.07) is 8.58. The van der Waals surface area contributed by atoms with Gasteiger partial charge < -0.3 is 10.5 Å². The third-order valence-corrected chi connectivity index (χ3v) is 5.91. The lowest BCUT2D eigenvalue weighted by atomic mass is 9.88. The molecule has 0 aliphatic heterocycles. The number of nitrogen functional groups attached to an aromatic ring is 1. The van der Waals surface area contributed by atoms with Crippen LogP contribution in [0.25, 0.3) is 0 Å². The van der Waals surface area contributed by atoms with Gasteiger partial charge in [0.05, 0.1) is 16.9 Å². The number of nitro groups is 1. The van der Waals surface area contributed by atoms with Crippen molar-refractivity contribution in [3.05, 3.63) is 57.6 Å². The fourth-order valence-electron chi connectivity index (χ4n) is 3.19. The zero-order valence-corrected chi connectivity index (χ0v) is 15.0. The molecule has 26 heavy (non-hydrogen) atoms. The summed E-state index contributed by atoms with van der Waals surface area (Å²) in [7, 11) is -2.61. The first-order chi connectivity index (χ1) is 12.3. The molecule has 1 unspecified atom stereocenters. The van der Waals surface area contributed by atoms with Crippen molar-refractivity contribution in [1.82, 2.24) is 4.72 Å². The summed E-state index contributed by atoms with van der Waals surface area (Å²) >= 11 is 0. The van der Waals surface area contributed by atoms with Crippen LogP contribution in [-0.2, 0) is 16.4 Å². The van der Waals surface area contributed by atoms with E-state index >= 15 is 0 Å². The number of rotatable bonds is 5. The normalized spacial score (nSPS) is 16.7.